The summed E-state index contributed by atoms with van der Waals surface area (Å²) >= 11 is 0. The number of nitrogens with zero attached hydrogens (tertiary/aromatic N) is 1. The van der Waals surface area contributed by atoms with Gasteiger partial charge < -0.3 is 0 Å². The van der Waals surface area contributed by atoms with Crippen molar-refractivity contribution >= 4 is 5.78 Å². The molecular weight excluding hydrogens is 262 g/mol. The number of nitriles is 1. The van der Waals surface area contributed by atoms with E-state index in [1.54, 1.807) is 6.08 Å². The fourth-order valence-electron chi connectivity index (χ4n) is 2.44. The van der Waals surface area contributed by atoms with Gasteiger partial charge in [0.05, 0.1) is 11.6 Å². The van der Waals surface area contributed by atoms with Gasteiger partial charge in [-0.25, -0.2) is 5.43 Å². The van der Waals surface area contributed by atoms with Gasteiger partial charge in [0.1, 0.15) is 6.07 Å². The Morgan fingerprint density at radius 3 is 2.57 bits per heavy atom. The van der Waals surface area contributed by atoms with Gasteiger partial charge in [0, 0.05) is 17.9 Å². The van der Waals surface area contributed by atoms with E-state index in [0.717, 1.165) is 5.56 Å². The molecule has 0 bridgehead atoms. The topological polar surface area (TPSA) is 64.9 Å². The predicted octanol–water partition coefficient (Wildman–Crippen LogP) is 2.52. The van der Waals surface area contributed by atoms with E-state index >= 15 is 0 Å². The monoisotopic (exact) mass is 283 g/mol. The normalized spacial score (nSPS) is 22.9. The lowest BCUT2D eigenvalue weighted by Gasteiger charge is -2.19. The van der Waals surface area contributed by atoms with Crippen LogP contribution in [0.4, 0.5) is 0 Å². The Labute approximate surface area is 125 Å². The van der Waals surface area contributed by atoms with Crippen LogP contribution >= 0.6 is 0 Å². The molecule has 1 aliphatic rings. The van der Waals surface area contributed by atoms with Gasteiger partial charge in [-0.3, -0.25) is 10.2 Å². The number of ketones is 1. The Morgan fingerprint density at radius 1 is 1.33 bits per heavy atom. The molecule has 0 radical (unpaired) electrons. The van der Waals surface area contributed by atoms with E-state index in [0.29, 0.717) is 6.54 Å². The SMILES string of the molecule is CC(C)(C)C(=O)/C(C#N)=C/C1CNNC1c1ccccc1. The van der Waals surface area contributed by atoms with Gasteiger partial charge in [-0.2, -0.15) is 5.26 Å². The van der Waals surface area contributed by atoms with E-state index in [4.69, 9.17) is 0 Å². The van der Waals surface area contributed by atoms with Crippen molar-refractivity contribution in [3.05, 3.63) is 47.5 Å². The highest BCUT2D eigenvalue weighted by Crippen LogP contribution is 2.28. The third kappa shape index (κ3) is 3.57. The van der Waals surface area contributed by atoms with Gasteiger partial charge in [0.15, 0.2) is 5.78 Å². The summed E-state index contributed by atoms with van der Waals surface area (Å²) in [6.07, 6.45) is 1.80. The second-order valence-electron chi connectivity index (χ2n) is 6.35. The number of Topliss-reactive ketones (excluding diaryl/α,β-unsaturated/α-hetero) is 1. The Kier molecular flexibility index (Phi) is 4.56. The van der Waals surface area contributed by atoms with Gasteiger partial charge >= 0.3 is 0 Å². The van der Waals surface area contributed by atoms with Gasteiger partial charge in [0.25, 0.3) is 0 Å². The zero-order chi connectivity index (χ0) is 15.5. The zero-order valence-electron chi connectivity index (χ0n) is 12.7. The number of rotatable bonds is 3. The largest absolute Gasteiger partial charge is 0.293 e. The van der Waals surface area contributed by atoms with Crippen LogP contribution in [-0.4, -0.2) is 12.3 Å². The highest BCUT2D eigenvalue weighted by Gasteiger charge is 2.30. The summed E-state index contributed by atoms with van der Waals surface area (Å²) < 4.78 is 0. The standard InChI is InChI=1S/C17H21N3O/c1-17(2,3)16(21)13(10-18)9-14-11-19-20-15(14)12-7-5-4-6-8-12/h4-9,14-15,19-20H,11H2,1-3H3/b13-9+. The molecule has 2 rings (SSSR count). The van der Waals surface area contributed by atoms with Crippen LogP contribution in [0, 0.1) is 22.7 Å². The lowest BCUT2D eigenvalue weighted by Crippen LogP contribution is -2.25. The van der Waals surface area contributed by atoms with Crippen LogP contribution in [0.2, 0.25) is 0 Å². The summed E-state index contributed by atoms with van der Waals surface area (Å²) in [5.74, 6) is -0.0305. The van der Waals surface area contributed by atoms with Crippen molar-refractivity contribution < 1.29 is 4.79 Å². The molecule has 110 valence electrons. The lowest BCUT2D eigenvalue weighted by molar-refractivity contribution is -0.122. The Bertz CT molecular complexity index is 578. The van der Waals surface area contributed by atoms with Crippen molar-refractivity contribution in [1.29, 1.82) is 5.26 Å². The maximum Gasteiger partial charge on any atom is 0.178 e. The number of hydrogen-bond donors (Lipinski definition) is 2. The van der Waals surface area contributed by atoms with Crippen LogP contribution < -0.4 is 10.9 Å². The summed E-state index contributed by atoms with van der Waals surface area (Å²) in [6, 6.07) is 12.2. The Hall–Kier alpha value is -1.96. The van der Waals surface area contributed by atoms with E-state index in [2.05, 4.69) is 16.9 Å². The van der Waals surface area contributed by atoms with E-state index < -0.39 is 5.41 Å². The van der Waals surface area contributed by atoms with Crippen LogP contribution in [0.15, 0.2) is 42.0 Å². The first-order chi connectivity index (χ1) is 9.93. The van der Waals surface area contributed by atoms with Gasteiger partial charge in [0.2, 0.25) is 0 Å². The molecule has 0 spiro atoms. The summed E-state index contributed by atoms with van der Waals surface area (Å²) in [6.45, 7) is 6.20. The van der Waals surface area contributed by atoms with E-state index in [1.165, 1.54) is 0 Å². The van der Waals surface area contributed by atoms with Crippen molar-refractivity contribution in [2.45, 2.75) is 26.8 Å². The van der Waals surface area contributed by atoms with Gasteiger partial charge in [-0.1, -0.05) is 57.2 Å². The Balaban J connectivity index is 2.26. The first kappa shape index (κ1) is 15.4. The summed E-state index contributed by atoms with van der Waals surface area (Å²) in [5.41, 5.74) is 7.18. The van der Waals surface area contributed by atoms with E-state index in [9.17, 15) is 10.1 Å². The quantitative estimate of drug-likeness (QED) is 0.661. The molecule has 2 atom stereocenters. The molecular formula is C17H21N3O. The average Bonchev–Trinajstić information content (AvgIpc) is 2.92. The second-order valence-corrected chi connectivity index (χ2v) is 6.35. The highest BCUT2D eigenvalue weighted by atomic mass is 16.1. The van der Waals surface area contributed by atoms with Crippen LogP contribution in [0.5, 0.6) is 0 Å². The van der Waals surface area contributed by atoms with Crippen LogP contribution in [-0.2, 0) is 4.79 Å². The van der Waals surface area contributed by atoms with E-state index in [1.807, 2.05) is 51.1 Å². The number of hydrogen-bond acceptors (Lipinski definition) is 4. The molecule has 1 aliphatic heterocycles. The molecule has 4 nitrogen and oxygen atoms in total. The Morgan fingerprint density at radius 2 is 2.00 bits per heavy atom. The van der Waals surface area contributed by atoms with Crippen molar-refractivity contribution in [1.82, 2.24) is 10.9 Å². The first-order valence-corrected chi connectivity index (χ1v) is 7.13. The second kappa shape index (κ2) is 6.21. The maximum atomic E-state index is 12.3. The minimum Gasteiger partial charge on any atom is -0.293 e. The van der Waals surface area contributed by atoms with Crippen molar-refractivity contribution in [2.75, 3.05) is 6.54 Å². The third-order valence-electron chi connectivity index (χ3n) is 3.61. The minimum atomic E-state index is -0.538. The third-order valence-corrected chi connectivity index (χ3v) is 3.61. The highest BCUT2D eigenvalue weighted by molar-refractivity contribution is 6.02. The lowest BCUT2D eigenvalue weighted by atomic mass is 9.84. The molecule has 0 aromatic heterocycles. The molecule has 2 unspecified atom stereocenters. The first-order valence-electron chi connectivity index (χ1n) is 7.13. The minimum absolute atomic E-state index is 0.0716. The molecule has 2 N–H and O–H groups in total. The van der Waals surface area contributed by atoms with Crippen LogP contribution in [0.25, 0.3) is 0 Å². The zero-order valence-corrected chi connectivity index (χ0v) is 12.7. The number of allylic oxidation sites excluding steroid dienone is 1. The number of carbonyl (C=O) groups is 1. The molecule has 1 heterocycles. The molecule has 1 aromatic carbocycles. The maximum absolute atomic E-state index is 12.3. The van der Waals surface area contributed by atoms with E-state index in [-0.39, 0.29) is 23.3 Å². The molecule has 1 aromatic rings. The number of hydrazine groups is 1. The molecule has 0 aliphatic carbocycles. The predicted molar refractivity (Wildman–Crippen MR) is 82.0 cm³/mol. The molecule has 4 heteroatoms. The summed E-state index contributed by atoms with van der Waals surface area (Å²) in [5, 5.41) is 9.30. The molecule has 21 heavy (non-hydrogen) atoms. The van der Waals surface area contributed by atoms with Gasteiger partial charge in [-0.15, -0.1) is 0 Å². The smallest absolute Gasteiger partial charge is 0.178 e. The van der Waals surface area contributed by atoms with Gasteiger partial charge in [-0.05, 0) is 5.56 Å². The molecule has 1 fully saturated rings. The molecule has 0 saturated carbocycles. The fraction of sp³-hybridized carbons (Fsp3) is 0.412. The van der Waals surface area contributed by atoms with Crippen LogP contribution in [0.3, 0.4) is 0 Å². The number of benzene rings is 1. The summed E-state index contributed by atoms with van der Waals surface area (Å²) in [4.78, 5) is 12.3. The van der Waals surface area contributed by atoms with Crippen molar-refractivity contribution in [3.63, 3.8) is 0 Å². The van der Waals surface area contributed by atoms with Crippen molar-refractivity contribution in [3.8, 4) is 6.07 Å². The number of nitrogens with one attached hydrogen (secondary N) is 2. The van der Waals surface area contributed by atoms with Crippen molar-refractivity contribution in [2.24, 2.45) is 11.3 Å². The summed E-state index contributed by atoms with van der Waals surface area (Å²) in [7, 11) is 0. The fourth-order valence-corrected chi connectivity index (χ4v) is 2.44. The average molecular weight is 283 g/mol. The van der Waals surface area contributed by atoms with Crippen LogP contribution in [0.1, 0.15) is 32.4 Å². The number of carbonyl (C=O) groups excluding carboxylic acids is 1. The molecule has 0 amide bonds. The molecule has 1 saturated heterocycles.